The maximum absolute atomic E-state index is 11.7. The van der Waals surface area contributed by atoms with E-state index in [-0.39, 0.29) is 12.6 Å². The van der Waals surface area contributed by atoms with E-state index in [0.29, 0.717) is 18.9 Å². The summed E-state index contributed by atoms with van der Waals surface area (Å²) in [7, 11) is -3.28. The number of rotatable bonds is 2. The van der Waals surface area contributed by atoms with E-state index in [9.17, 15) is 8.42 Å². The van der Waals surface area contributed by atoms with E-state index in [1.165, 1.54) is 10.6 Å². The highest BCUT2D eigenvalue weighted by Gasteiger charge is 2.31. The van der Waals surface area contributed by atoms with Crippen LogP contribution in [0.1, 0.15) is 11.6 Å². The fraction of sp³-hybridized carbons (Fsp3) is 0.455. The minimum atomic E-state index is -3.28. The van der Waals surface area contributed by atoms with Gasteiger partial charge >= 0.3 is 0 Å². The third-order valence-electron chi connectivity index (χ3n) is 2.84. The number of nitrogens with zero attached hydrogens (tertiary/aromatic N) is 1. The molecule has 2 N–H and O–H groups in total. The van der Waals surface area contributed by atoms with Gasteiger partial charge in [-0.2, -0.15) is 4.31 Å². The molecule has 0 saturated carbocycles. The minimum absolute atomic E-state index is 0.243. The fourth-order valence-corrected chi connectivity index (χ4v) is 3.15. The minimum Gasteiger partial charge on any atom is -0.492 e. The molecule has 5 nitrogen and oxygen atoms in total. The van der Waals surface area contributed by atoms with Crippen LogP contribution < -0.4 is 10.5 Å². The molecule has 1 aliphatic rings. The van der Waals surface area contributed by atoms with Crippen LogP contribution in [0.5, 0.6) is 5.75 Å². The van der Waals surface area contributed by atoms with Gasteiger partial charge < -0.3 is 10.5 Å². The molecule has 1 aliphatic heterocycles. The molecular formula is C11H16N2O3S. The van der Waals surface area contributed by atoms with E-state index in [4.69, 9.17) is 10.5 Å². The molecule has 0 saturated heterocycles. The summed E-state index contributed by atoms with van der Waals surface area (Å²) in [5, 5.41) is 0. The Bertz CT molecular complexity index is 501. The summed E-state index contributed by atoms with van der Waals surface area (Å²) in [6.45, 7) is 0.920. The summed E-state index contributed by atoms with van der Waals surface area (Å²) in [5.74, 6) is 0.717. The van der Waals surface area contributed by atoms with Gasteiger partial charge in [0.25, 0.3) is 0 Å². The zero-order chi connectivity index (χ0) is 12.5. The van der Waals surface area contributed by atoms with Gasteiger partial charge in [0.15, 0.2) is 0 Å². The molecule has 94 valence electrons. The SMILES string of the molecule is CS(=O)(=O)N1CCOc2ccccc2C1CN. The molecule has 1 atom stereocenters. The fourth-order valence-electron chi connectivity index (χ4n) is 2.09. The standard InChI is InChI=1S/C11H16N2O3S/c1-17(14,15)13-6-7-16-11-5-3-2-4-9(11)10(13)8-12/h2-5,10H,6-8,12H2,1H3. The second-order valence-electron chi connectivity index (χ2n) is 4.01. The Labute approximate surface area is 101 Å². The molecule has 1 aromatic rings. The van der Waals surface area contributed by atoms with Crippen LogP contribution in [0.2, 0.25) is 0 Å². The third-order valence-corrected chi connectivity index (χ3v) is 4.13. The Morgan fingerprint density at radius 1 is 1.47 bits per heavy atom. The second-order valence-corrected chi connectivity index (χ2v) is 5.95. The molecule has 6 heteroatoms. The number of hydrogen-bond donors (Lipinski definition) is 1. The highest BCUT2D eigenvalue weighted by atomic mass is 32.2. The van der Waals surface area contributed by atoms with Crippen molar-refractivity contribution < 1.29 is 13.2 Å². The third kappa shape index (κ3) is 2.43. The summed E-state index contributed by atoms with van der Waals surface area (Å²) in [6, 6.07) is 7.07. The van der Waals surface area contributed by atoms with E-state index < -0.39 is 10.0 Å². The van der Waals surface area contributed by atoms with Crippen molar-refractivity contribution in [1.82, 2.24) is 4.31 Å². The molecule has 0 amide bonds. The molecule has 1 unspecified atom stereocenters. The summed E-state index contributed by atoms with van der Waals surface area (Å²) in [5.41, 5.74) is 6.54. The summed E-state index contributed by atoms with van der Waals surface area (Å²) in [4.78, 5) is 0. The molecule has 0 bridgehead atoms. The van der Waals surface area contributed by atoms with Crippen molar-refractivity contribution in [1.29, 1.82) is 0 Å². The zero-order valence-corrected chi connectivity index (χ0v) is 10.5. The number of para-hydroxylation sites is 1. The number of nitrogens with two attached hydrogens (primary N) is 1. The molecule has 2 rings (SSSR count). The van der Waals surface area contributed by atoms with Crippen molar-refractivity contribution in [3.63, 3.8) is 0 Å². The van der Waals surface area contributed by atoms with Gasteiger partial charge in [0, 0.05) is 18.7 Å². The molecule has 17 heavy (non-hydrogen) atoms. The van der Waals surface area contributed by atoms with Crippen molar-refractivity contribution in [3.05, 3.63) is 29.8 Å². The van der Waals surface area contributed by atoms with Gasteiger partial charge in [-0.1, -0.05) is 18.2 Å². The van der Waals surface area contributed by atoms with Gasteiger partial charge in [0.2, 0.25) is 10.0 Å². The molecule has 0 aromatic heterocycles. The van der Waals surface area contributed by atoms with E-state index >= 15 is 0 Å². The van der Waals surface area contributed by atoms with Crippen LogP contribution in [0.15, 0.2) is 24.3 Å². The zero-order valence-electron chi connectivity index (χ0n) is 9.67. The average molecular weight is 256 g/mol. The highest BCUT2D eigenvalue weighted by Crippen LogP contribution is 2.32. The van der Waals surface area contributed by atoms with Gasteiger partial charge in [-0.25, -0.2) is 8.42 Å². The molecule has 0 aliphatic carbocycles. The Kier molecular flexibility index (Phi) is 3.37. The molecule has 1 aromatic carbocycles. The Hall–Kier alpha value is -1.11. The van der Waals surface area contributed by atoms with Crippen LogP contribution in [-0.4, -0.2) is 38.7 Å². The summed E-state index contributed by atoms with van der Waals surface area (Å²) in [6.07, 6.45) is 1.20. The first-order valence-electron chi connectivity index (χ1n) is 5.42. The smallest absolute Gasteiger partial charge is 0.211 e. The van der Waals surface area contributed by atoms with Crippen molar-refractivity contribution >= 4 is 10.0 Å². The van der Waals surface area contributed by atoms with Gasteiger partial charge in [0.05, 0.1) is 12.3 Å². The van der Waals surface area contributed by atoms with E-state index in [2.05, 4.69) is 0 Å². The summed E-state index contributed by atoms with van der Waals surface area (Å²) >= 11 is 0. The normalized spacial score (nSPS) is 21.4. The Morgan fingerprint density at radius 3 is 2.82 bits per heavy atom. The molecule has 0 radical (unpaired) electrons. The number of benzene rings is 1. The van der Waals surface area contributed by atoms with E-state index in [0.717, 1.165) is 5.56 Å². The molecule has 0 fully saturated rings. The first-order chi connectivity index (χ1) is 8.04. The van der Waals surface area contributed by atoms with Crippen molar-refractivity contribution in [3.8, 4) is 5.75 Å². The van der Waals surface area contributed by atoms with Crippen molar-refractivity contribution in [2.45, 2.75) is 6.04 Å². The lowest BCUT2D eigenvalue weighted by Gasteiger charge is -2.26. The first-order valence-corrected chi connectivity index (χ1v) is 7.27. The van der Waals surface area contributed by atoms with Crippen molar-refractivity contribution in [2.24, 2.45) is 5.73 Å². The maximum atomic E-state index is 11.7. The van der Waals surface area contributed by atoms with Crippen LogP contribution >= 0.6 is 0 Å². The predicted molar refractivity (Wildman–Crippen MR) is 65.3 cm³/mol. The van der Waals surface area contributed by atoms with E-state index in [1.54, 1.807) is 0 Å². The van der Waals surface area contributed by atoms with Gasteiger partial charge in [-0.3, -0.25) is 0 Å². The van der Waals surface area contributed by atoms with Crippen LogP contribution in [0, 0.1) is 0 Å². The Balaban J connectivity index is 2.49. The molecule has 0 spiro atoms. The lowest BCUT2D eigenvalue weighted by Crippen LogP contribution is -2.38. The van der Waals surface area contributed by atoms with Gasteiger partial charge in [0.1, 0.15) is 12.4 Å². The Morgan fingerprint density at radius 2 is 2.18 bits per heavy atom. The first kappa shape index (κ1) is 12.3. The topological polar surface area (TPSA) is 72.6 Å². The number of hydrogen-bond acceptors (Lipinski definition) is 4. The average Bonchev–Trinajstić information content (AvgIpc) is 2.46. The predicted octanol–water partition coefficient (Wildman–Crippen LogP) is 0.340. The monoisotopic (exact) mass is 256 g/mol. The lowest BCUT2D eigenvalue weighted by atomic mass is 10.1. The second kappa shape index (κ2) is 4.64. The van der Waals surface area contributed by atoms with E-state index in [1.807, 2.05) is 24.3 Å². The van der Waals surface area contributed by atoms with Crippen LogP contribution in [0.3, 0.4) is 0 Å². The maximum Gasteiger partial charge on any atom is 0.211 e. The van der Waals surface area contributed by atoms with Gasteiger partial charge in [-0.05, 0) is 6.07 Å². The van der Waals surface area contributed by atoms with Crippen LogP contribution in [0.4, 0.5) is 0 Å². The van der Waals surface area contributed by atoms with Crippen molar-refractivity contribution in [2.75, 3.05) is 26.0 Å². The summed E-state index contributed by atoms with van der Waals surface area (Å²) < 4.78 is 30.4. The quantitative estimate of drug-likeness (QED) is 0.828. The molecular weight excluding hydrogens is 240 g/mol. The number of ether oxygens (including phenoxy) is 1. The lowest BCUT2D eigenvalue weighted by molar-refractivity contribution is 0.275. The molecule has 1 heterocycles. The number of sulfonamides is 1. The largest absolute Gasteiger partial charge is 0.492 e. The van der Waals surface area contributed by atoms with Crippen LogP contribution in [-0.2, 0) is 10.0 Å². The van der Waals surface area contributed by atoms with Crippen LogP contribution in [0.25, 0.3) is 0 Å². The number of fused-ring (bicyclic) bond motifs is 1. The highest BCUT2D eigenvalue weighted by molar-refractivity contribution is 7.88. The van der Waals surface area contributed by atoms with Gasteiger partial charge in [-0.15, -0.1) is 0 Å².